The van der Waals surface area contributed by atoms with Crippen molar-refractivity contribution in [1.29, 1.82) is 0 Å². The van der Waals surface area contributed by atoms with E-state index in [-0.39, 0.29) is 48.2 Å². The van der Waals surface area contributed by atoms with E-state index in [0.29, 0.717) is 11.8 Å². The van der Waals surface area contributed by atoms with Gasteiger partial charge in [0.25, 0.3) is 0 Å². The average molecular weight is 364 g/mol. The Hall–Kier alpha value is -1.10. The Kier molecular flexibility index (Phi) is 5.02. The molecule has 0 radical (unpaired) electrons. The van der Waals surface area contributed by atoms with Crippen molar-refractivity contribution in [3.8, 4) is 0 Å². The van der Waals surface area contributed by atoms with Crippen LogP contribution in [0.1, 0.15) is 71.6 Å². The van der Waals surface area contributed by atoms with E-state index in [9.17, 15) is 9.59 Å². The third-order valence-corrected chi connectivity index (χ3v) is 7.50. The lowest BCUT2D eigenvalue weighted by Crippen LogP contribution is -2.36. The Morgan fingerprint density at radius 3 is 2.46 bits per heavy atom. The number of carbonyl (C=O) groups excluding carboxylic acids is 2. The minimum atomic E-state index is -0.300. The Bertz CT molecular complexity index is 555. The molecule has 146 valence electrons. The van der Waals surface area contributed by atoms with Gasteiger partial charge in [0, 0.05) is 5.92 Å². The third kappa shape index (κ3) is 3.51. The summed E-state index contributed by atoms with van der Waals surface area (Å²) in [6.07, 6.45) is 9.63. The summed E-state index contributed by atoms with van der Waals surface area (Å²) in [5, 5.41) is 0. The van der Waals surface area contributed by atoms with Gasteiger partial charge in [-0.25, -0.2) is 0 Å². The first kappa shape index (κ1) is 18.3. The van der Waals surface area contributed by atoms with Gasteiger partial charge in [-0.15, -0.1) is 0 Å². The van der Waals surface area contributed by atoms with Gasteiger partial charge in [-0.05, 0) is 57.3 Å². The van der Waals surface area contributed by atoms with Crippen LogP contribution in [0.2, 0.25) is 0 Å². The minimum Gasteiger partial charge on any atom is -0.462 e. The van der Waals surface area contributed by atoms with Crippen molar-refractivity contribution in [3.05, 3.63) is 0 Å². The van der Waals surface area contributed by atoms with Crippen LogP contribution in [0.3, 0.4) is 0 Å². The standard InChI is InChI=1S/C21H32O5/c1-13-11-21(13,2)20(23)26-18-10-14-8-16(18)17(9-14)19(22)25-12-24-15-6-4-3-5-7-15/h13-18H,3-12H2,1-2H3. The molecule has 4 rings (SSSR count). The summed E-state index contributed by atoms with van der Waals surface area (Å²) in [7, 11) is 0. The maximum Gasteiger partial charge on any atom is 0.312 e. The first-order valence-electron chi connectivity index (χ1n) is 10.5. The Balaban J connectivity index is 1.25. The lowest BCUT2D eigenvalue weighted by Gasteiger charge is -2.29. The first-order valence-corrected chi connectivity index (χ1v) is 10.5. The van der Waals surface area contributed by atoms with Gasteiger partial charge in [0.2, 0.25) is 0 Å². The van der Waals surface area contributed by atoms with Gasteiger partial charge in [0.05, 0.1) is 17.4 Å². The molecule has 0 N–H and O–H groups in total. The highest BCUT2D eigenvalue weighted by atomic mass is 16.7. The monoisotopic (exact) mass is 364 g/mol. The Morgan fingerprint density at radius 1 is 1.08 bits per heavy atom. The van der Waals surface area contributed by atoms with Crippen LogP contribution < -0.4 is 0 Å². The molecule has 0 heterocycles. The fraction of sp³-hybridized carbons (Fsp3) is 0.905. The van der Waals surface area contributed by atoms with Gasteiger partial charge < -0.3 is 14.2 Å². The van der Waals surface area contributed by atoms with Crippen LogP contribution in [0.4, 0.5) is 0 Å². The molecule has 0 saturated heterocycles. The second-order valence-corrected chi connectivity index (χ2v) is 9.32. The molecule has 5 nitrogen and oxygen atoms in total. The molecule has 6 atom stereocenters. The number of carbonyl (C=O) groups is 2. The molecule has 0 aliphatic heterocycles. The average Bonchev–Trinajstić information content (AvgIpc) is 2.99. The fourth-order valence-electron chi connectivity index (χ4n) is 5.35. The van der Waals surface area contributed by atoms with E-state index in [1.165, 1.54) is 19.3 Å². The SMILES string of the molecule is CC1CC1(C)C(=O)OC1CC2CC(C(=O)OCOC3CCCCC3)C1C2. The smallest absolute Gasteiger partial charge is 0.312 e. The summed E-state index contributed by atoms with van der Waals surface area (Å²) in [6, 6.07) is 0. The molecular formula is C21H32O5. The topological polar surface area (TPSA) is 61.8 Å². The van der Waals surface area contributed by atoms with E-state index in [4.69, 9.17) is 14.2 Å². The molecule has 4 aliphatic carbocycles. The number of hydrogen-bond acceptors (Lipinski definition) is 5. The molecule has 0 aromatic carbocycles. The van der Waals surface area contributed by atoms with Crippen LogP contribution in [0.25, 0.3) is 0 Å². The maximum atomic E-state index is 12.5. The van der Waals surface area contributed by atoms with E-state index >= 15 is 0 Å². The number of ether oxygens (including phenoxy) is 3. The van der Waals surface area contributed by atoms with Crippen molar-refractivity contribution < 1.29 is 23.8 Å². The van der Waals surface area contributed by atoms with Crippen LogP contribution in [0.5, 0.6) is 0 Å². The van der Waals surface area contributed by atoms with Crippen LogP contribution in [-0.4, -0.2) is 30.9 Å². The zero-order valence-electron chi connectivity index (χ0n) is 16.1. The predicted octanol–water partition coefficient (Wildman–Crippen LogP) is 3.84. The highest BCUT2D eigenvalue weighted by Crippen LogP contribution is 2.55. The van der Waals surface area contributed by atoms with Gasteiger partial charge in [-0.1, -0.05) is 26.2 Å². The molecule has 0 aromatic heterocycles. The number of fused-ring (bicyclic) bond motifs is 2. The molecule has 4 fully saturated rings. The minimum absolute atomic E-state index is 0.0669. The van der Waals surface area contributed by atoms with Crippen molar-refractivity contribution in [2.75, 3.05) is 6.79 Å². The molecular weight excluding hydrogens is 332 g/mol. The lowest BCUT2D eigenvalue weighted by atomic mass is 9.86. The van der Waals surface area contributed by atoms with E-state index < -0.39 is 0 Å². The summed E-state index contributed by atoms with van der Waals surface area (Å²) >= 11 is 0. The van der Waals surface area contributed by atoms with Crippen molar-refractivity contribution in [2.24, 2.45) is 29.1 Å². The zero-order valence-corrected chi connectivity index (χ0v) is 16.1. The summed E-state index contributed by atoms with van der Waals surface area (Å²) in [6.45, 7) is 4.15. The van der Waals surface area contributed by atoms with Crippen molar-refractivity contribution in [2.45, 2.75) is 83.8 Å². The van der Waals surface area contributed by atoms with E-state index in [2.05, 4.69) is 6.92 Å². The number of rotatable bonds is 6. The molecule has 0 spiro atoms. The largest absolute Gasteiger partial charge is 0.462 e. The molecule has 2 bridgehead atoms. The lowest BCUT2D eigenvalue weighted by molar-refractivity contribution is -0.174. The third-order valence-electron chi connectivity index (χ3n) is 7.50. The second-order valence-electron chi connectivity index (χ2n) is 9.32. The molecule has 4 aliphatic rings. The summed E-state index contributed by atoms with van der Waals surface area (Å²) in [5.74, 6) is 0.649. The van der Waals surface area contributed by atoms with Gasteiger partial charge in [-0.3, -0.25) is 9.59 Å². The zero-order chi connectivity index (χ0) is 18.3. The quantitative estimate of drug-likeness (QED) is 0.529. The van der Waals surface area contributed by atoms with Gasteiger partial charge in [0.15, 0.2) is 6.79 Å². The Morgan fingerprint density at radius 2 is 1.81 bits per heavy atom. The van der Waals surface area contributed by atoms with E-state index in [1.807, 2.05) is 6.92 Å². The van der Waals surface area contributed by atoms with Crippen LogP contribution in [-0.2, 0) is 23.8 Å². The maximum absolute atomic E-state index is 12.5. The van der Waals surface area contributed by atoms with Crippen molar-refractivity contribution in [1.82, 2.24) is 0 Å². The van der Waals surface area contributed by atoms with Crippen molar-refractivity contribution in [3.63, 3.8) is 0 Å². The molecule has 4 saturated carbocycles. The number of hydrogen-bond donors (Lipinski definition) is 0. The van der Waals surface area contributed by atoms with Gasteiger partial charge in [-0.2, -0.15) is 0 Å². The van der Waals surface area contributed by atoms with E-state index in [0.717, 1.165) is 38.5 Å². The molecule has 26 heavy (non-hydrogen) atoms. The summed E-state index contributed by atoms with van der Waals surface area (Å²) in [5.41, 5.74) is -0.300. The predicted molar refractivity (Wildman–Crippen MR) is 95.0 cm³/mol. The van der Waals surface area contributed by atoms with E-state index in [1.54, 1.807) is 0 Å². The van der Waals surface area contributed by atoms with Crippen LogP contribution in [0.15, 0.2) is 0 Å². The Labute approximate surface area is 156 Å². The summed E-state index contributed by atoms with van der Waals surface area (Å²) < 4.78 is 17.0. The summed E-state index contributed by atoms with van der Waals surface area (Å²) in [4.78, 5) is 25.0. The first-order chi connectivity index (χ1) is 12.5. The van der Waals surface area contributed by atoms with Gasteiger partial charge >= 0.3 is 11.9 Å². The van der Waals surface area contributed by atoms with Crippen LogP contribution in [0, 0.1) is 29.1 Å². The fourth-order valence-corrected chi connectivity index (χ4v) is 5.35. The van der Waals surface area contributed by atoms with Crippen molar-refractivity contribution >= 4 is 11.9 Å². The van der Waals surface area contributed by atoms with Gasteiger partial charge in [0.1, 0.15) is 6.10 Å². The highest BCUT2D eigenvalue weighted by Gasteiger charge is 2.57. The molecule has 0 aromatic rings. The normalized spacial score (nSPS) is 41.8. The molecule has 0 amide bonds. The van der Waals surface area contributed by atoms with Crippen LogP contribution >= 0.6 is 0 Å². The second kappa shape index (κ2) is 7.14. The molecule has 6 unspecified atom stereocenters. The highest BCUT2D eigenvalue weighted by molar-refractivity contribution is 5.80. The number of esters is 2. The molecule has 5 heteroatoms.